The average molecular weight is 261 g/mol. The number of hydrogen-bond donors (Lipinski definition) is 2. The van der Waals surface area contributed by atoms with Gasteiger partial charge < -0.3 is 4.90 Å². The molecular weight excluding hydrogens is 238 g/mol. The lowest BCUT2D eigenvalue weighted by Gasteiger charge is -2.35. The Bertz CT molecular complexity index is 445. The van der Waals surface area contributed by atoms with E-state index in [2.05, 4.69) is 42.4 Å². The monoisotopic (exact) mass is 261 g/mol. The summed E-state index contributed by atoms with van der Waals surface area (Å²) in [6.45, 7) is 5.04. The Morgan fingerprint density at radius 1 is 1.32 bits per heavy atom. The Kier molecular flexibility index (Phi) is 4.43. The molecule has 0 saturated carbocycles. The van der Waals surface area contributed by atoms with Crippen molar-refractivity contribution in [2.45, 2.75) is 39.2 Å². The number of fused-ring (bicyclic) bond motifs is 1. The van der Waals surface area contributed by atoms with E-state index in [0.29, 0.717) is 0 Å². The van der Waals surface area contributed by atoms with Crippen molar-refractivity contribution in [2.24, 2.45) is 11.8 Å². The number of hydrogen-bond acceptors (Lipinski definition) is 3. The molecule has 0 bridgehead atoms. The third-order valence-corrected chi connectivity index (χ3v) is 3.77. The maximum atomic E-state index is 12.1. The van der Waals surface area contributed by atoms with Crippen molar-refractivity contribution >= 4 is 11.6 Å². The molecule has 0 aliphatic carbocycles. The predicted molar refractivity (Wildman–Crippen MR) is 77.7 cm³/mol. The molecule has 1 atom stereocenters. The maximum Gasteiger partial charge on any atom is 0.256 e. The first-order valence-corrected chi connectivity index (χ1v) is 7.00. The van der Waals surface area contributed by atoms with Crippen molar-refractivity contribution < 1.29 is 4.79 Å². The minimum absolute atomic E-state index is 0.105. The van der Waals surface area contributed by atoms with E-state index in [1.54, 1.807) is 0 Å². The number of aryl methyl sites for hydroxylation is 1. The molecule has 0 saturated heterocycles. The smallest absolute Gasteiger partial charge is 0.256 e. The average Bonchev–Trinajstić information content (AvgIpc) is 2.61. The highest BCUT2D eigenvalue weighted by atomic mass is 16.2. The highest BCUT2D eigenvalue weighted by Crippen LogP contribution is 2.29. The van der Waals surface area contributed by atoms with Crippen LogP contribution in [0.2, 0.25) is 0 Å². The van der Waals surface area contributed by atoms with Crippen LogP contribution in [0.5, 0.6) is 0 Å². The van der Waals surface area contributed by atoms with Gasteiger partial charge >= 0.3 is 0 Å². The number of anilines is 1. The molecule has 3 N–H and O–H groups in total. The van der Waals surface area contributed by atoms with Gasteiger partial charge in [0, 0.05) is 12.2 Å². The van der Waals surface area contributed by atoms with E-state index < -0.39 is 0 Å². The quantitative estimate of drug-likeness (QED) is 0.496. The predicted octanol–water partition coefficient (Wildman–Crippen LogP) is 1.84. The zero-order valence-electron chi connectivity index (χ0n) is 11.7. The van der Waals surface area contributed by atoms with Gasteiger partial charge in [-0.05, 0) is 36.8 Å². The van der Waals surface area contributed by atoms with Crippen LogP contribution in [0.4, 0.5) is 5.69 Å². The number of amides is 1. The Hall–Kier alpha value is -1.55. The molecule has 0 spiro atoms. The molecule has 0 aromatic heterocycles. The van der Waals surface area contributed by atoms with Crippen molar-refractivity contribution in [2.75, 3.05) is 11.4 Å². The molecule has 1 heterocycles. The fraction of sp³-hybridized carbons (Fsp3) is 0.533. The molecule has 1 aromatic carbocycles. The van der Waals surface area contributed by atoms with Gasteiger partial charge in [-0.2, -0.15) is 0 Å². The number of rotatable bonds is 3. The molecule has 2 rings (SSSR count). The summed E-state index contributed by atoms with van der Waals surface area (Å²) in [6.07, 6.45) is 3.36. The summed E-state index contributed by atoms with van der Waals surface area (Å²) < 4.78 is 0. The summed E-state index contributed by atoms with van der Waals surface area (Å²) in [5.41, 5.74) is 4.83. The van der Waals surface area contributed by atoms with E-state index in [0.717, 1.165) is 19.4 Å². The molecular formula is C15H23N3O. The van der Waals surface area contributed by atoms with Gasteiger partial charge in [-0.25, -0.2) is 5.84 Å². The minimum Gasteiger partial charge on any atom is -0.359 e. The first-order chi connectivity index (χ1) is 9.15. The number of nitrogens with zero attached hydrogens (tertiary/aromatic N) is 1. The van der Waals surface area contributed by atoms with E-state index in [-0.39, 0.29) is 17.9 Å². The number of nitrogens with one attached hydrogen (secondary N) is 1. The standard InChI is InChI=1S/C15H23N3O/c1-11(2)14(15(19)17-16)18-10-6-5-8-12-7-3-4-9-13(12)18/h3-4,7,9,11,14H,5-6,8,10,16H2,1-2H3,(H,17,19). The van der Waals surface area contributed by atoms with Crippen LogP contribution in [-0.4, -0.2) is 18.5 Å². The summed E-state index contributed by atoms with van der Waals surface area (Å²) in [7, 11) is 0. The van der Waals surface area contributed by atoms with Gasteiger partial charge in [0.2, 0.25) is 0 Å². The lowest BCUT2D eigenvalue weighted by molar-refractivity contribution is -0.123. The molecule has 1 amide bonds. The zero-order chi connectivity index (χ0) is 13.8. The molecule has 1 aliphatic heterocycles. The third kappa shape index (κ3) is 2.89. The first kappa shape index (κ1) is 13.9. The van der Waals surface area contributed by atoms with Crippen molar-refractivity contribution in [3.8, 4) is 0 Å². The van der Waals surface area contributed by atoms with Crippen molar-refractivity contribution in [3.05, 3.63) is 29.8 Å². The molecule has 19 heavy (non-hydrogen) atoms. The Morgan fingerprint density at radius 2 is 2.05 bits per heavy atom. The van der Waals surface area contributed by atoms with E-state index in [9.17, 15) is 4.79 Å². The van der Waals surface area contributed by atoms with Crippen molar-refractivity contribution in [1.82, 2.24) is 5.43 Å². The summed E-state index contributed by atoms with van der Waals surface area (Å²) in [4.78, 5) is 14.3. The van der Waals surface area contributed by atoms with Crippen LogP contribution in [0.1, 0.15) is 32.3 Å². The second-order valence-corrected chi connectivity index (χ2v) is 5.48. The fourth-order valence-corrected chi connectivity index (χ4v) is 2.90. The lowest BCUT2D eigenvalue weighted by atomic mass is 10.00. The number of hydrazine groups is 1. The largest absolute Gasteiger partial charge is 0.359 e. The number of carbonyl (C=O) groups excluding carboxylic acids is 1. The molecule has 1 aromatic rings. The highest BCUT2D eigenvalue weighted by molar-refractivity contribution is 5.85. The van der Waals surface area contributed by atoms with E-state index >= 15 is 0 Å². The molecule has 4 heteroatoms. The Morgan fingerprint density at radius 3 is 2.74 bits per heavy atom. The first-order valence-electron chi connectivity index (χ1n) is 7.00. The molecule has 104 valence electrons. The van der Waals surface area contributed by atoms with Gasteiger partial charge in [-0.3, -0.25) is 10.2 Å². The summed E-state index contributed by atoms with van der Waals surface area (Å²) in [6, 6.07) is 8.17. The molecule has 1 aliphatic rings. The molecule has 0 radical (unpaired) electrons. The highest BCUT2D eigenvalue weighted by Gasteiger charge is 2.30. The maximum absolute atomic E-state index is 12.1. The molecule has 1 unspecified atom stereocenters. The van der Waals surface area contributed by atoms with Gasteiger partial charge in [-0.1, -0.05) is 32.0 Å². The van der Waals surface area contributed by atoms with Crippen LogP contribution in [-0.2, 0) is 11.2 Å². The van der Waals surface area contributed by atoms with Gasteiger partial charge in [-0.15, -0.1) is 0 Å². The third-order valence-electron chi connectivity index (χ3n) is 3.77. The van der Waals surface area contributed by atoms with E-state index in [1.165, 1.54) is 17.7 Å². The summed E-state index contributed by atoms with van der Waals surface area (Å²) in [5, 5.41) is 0. The van der Waals surface area contributed by atoms with Gasteiger partial charge in [0.15, 0.2) is 0 Å². The molecule has 4 nitrogen and oxygen atoms in total. The van der Waals surface area contributed by atoms with Crippen LogP contribution in [0.25, 0.3) is 0 Å². The van der Waals surface area contributed by atoms with Gasteiger partial charge in [0.1, 0.15) is 6.04 Å². The Balaban J connectivity index is 2.39. The second-order valence-electron chi connectivity index (χ2n) is 5.48. The normalized spacial score (nSPS) is 16.7. The van der Waals surface area contributed by atoms with Gasteiger partial charge in [0.25, 0.3) is 5.91 Å². The van der Waals surface area contributed by atoms with Crippen LogP contribution in [0, 0.1) is 5.92 Å². The topological polar surface area (TPSA) is 58.4 Å². The van der Waals surface area contributed by atoms with Gasteiger partial charge in [0.05, 0.1) is 0 Å². The van der Waals surface area contributed by atoms with Crippen LogP contribution >= 0.6 is 0 Å². The SMILES string of the molecule is CC(C)C(C(=O)NN)N1CCCCc2ccccc21. The van der Waals surface area contributed by atoms with E-state index in [4.69, 9.17) is 5.84 Å². The Labute approximate surface area is 114 Å². The van der Waals surface area contributed by atoms with E-state index in [1.807, 2.05) is 6.07 Å². The number of benzene rings is 1. The van der Waals surface area contributed by atoms with Crippen LogP contribution in [0.15, 0.2) is 24.3 Å². The van der Waals surface area contributed by atoms with Crippen LogP contribution in [0.3, 0.4) is 0 Å². The van der Waals surface area contributed by atoms with Crippen LogP contribution < -0.4 is 16.2 Å². The zero-order valence-corrected chi connectivity index (χ0v) is 11.7. The lowest BCUT2D eigenvalue weighted by Crippen LogP contribution is -2.52. The van der Waals surface area contributed by atoms with Crippen molar-refractivity contribution in [1.29, 1.82) is 0 Å². The second kappa shape index (κ2) is 6.06. The fourth-order valence-electron chi connectivity index (χ4n) is 2.90. The number of para-hydroxylation sites is 1. The van der Waals surface area contributed by atoms with Crippen molar-refractivity contribution in [3.63, 3.8) is 0 Å². The number of carbonyl (C=O) groups is 1. The summed E-state index contributed by atoms with van der Waals surface area (Å²) in [5.74, 6) is 5.46. The molecule has 0 fully saturated rings. The number of nitrogens with two attached hydrogens (primary N) is 1. The minimum atomic E-state index is -0.204. The summed E-state index contributed by atoms with van der Waals surface area (Å²) >= 11 is 0.